The molecule has 1 saturated carbocycles. The lowest BCUT2D eigenvalue weighted by Crippen LogP contribution is -2.34. The largest absolute Gasteiger partial charge is 0.469 e. The Morgan fingerprint density at radius 3 is 2.66 bits per heavy atom. The Labute approximate surface area is 175 Å². The van der Waals surface area contributed by atoms with Gasteiger partial charge in [-0.2, -0.15) is 0 Å². The Bertz CT molecular complexity index is 503. The summed E-state index contributed by atoms with van der Waals surface area (Å²) >= 11 is 0. The van der Waals surface area contributed by atoms with E-state index in [4.69, 9.17) is 4.52 Å². The van der Waals surface area contributed by atoms with Crippen LogP contribution in [0.5, 0.6) is 0 Å². The summed E-state index contributed by atoms with van der Waals surface area (Å²) in [7, 11) is 3.56. The highest BCUT2D eigenvalue weighted by Gasteiger charge is 2.44. The van der Waals surface area contributed by atoms with Gasteiger partial charge in [0.1, 0.15) is 6.10 Å². The van der Waals surface area contributed by atoms with Gasteiger partial charge < -0.3 is 19.5 Å². The molecular weight excluding hydrogens is 401 g/mol. The molecule has 0 saturated heterocycles. The lowest BCUT2D eigenvalue weighted by Gasteiger charge is -2.27. The predicted octanol–water partition coefficient (Wildman–Crippen LogP) is 4.41. The summed E-state index contributed by atoms with van der Waals surface area (Å²) in [4.78, 5) is 11.1. The highest BCUT2D eigenvalue weighted by molar-refractivity contribution is 7.09. The van der Waals surface area contributed by atoms with Gasteiger partial charge in [-0.05, 0) is 50.4 Å². The predicted molar refractivity (Wildman–Crippen MR) is 112 cm³/mol. The first-order chi connectivity index (χ1) is 13.8. The first kappa shape index (κ1) is 26.4. The van der Waals surface area contributed by atoms with E-state index < -0.39 is 18.1 Å². The normalized spacial score (nSPS) is 26.2. The number of hydrogen-bond donors (Lipinski definition) is 2. The van der Waals surface area contributed by atoms with Crippen LogP contribution in [0.4, 0.5) is 8.78 Å². The van der Waals surface area contributed by atoms with Crippen molar-refractivity contribution < 1.29 is 33.0 Å². The maximum atomic E-state index is 14.1. The molecule has 1 aliphatic carbocycles. The fourth-order valence-electron chi connectivity index (χ4n) is 4.02. The number of esters is 1. The van der Waals surface area contributed by atoms with Gasteiger partial charge in [0.05, 0.1) is 19.3 Å². The molecule has 0 aromatic carbocycles. The molecule has 1 fully saturated rings. The van der Waals surface area contributed by atoms with Gasteiger partial charge in [0.25, 0.3) is 5.92 Å². The van der Waals surface area contributed by atoms with Crippen molar-refractivity contribution in [1.29, 1.82) is 0 Å². The summed E-state index contributed by atoms with van der Waals surface area (Å²) in [5.41, 5.74) is 0. The third kappa shape index (κ3) is 8.95. The van der Waals surface area contributed by atoms with Crippen LogP contribution < -0.4 is 0 Å². The number of unbranched alkanes of at least 4 members (excludes halogenated alkanes) is 2. The van der Waals surface area contributed by atoms with Crippen LogP contribution in [0.15, 0.2) is 12.2 Å². The van der Waals surface area contributed by atoms with Crippen molar-refractivity contribution in [3.05, 3.63) is 12.2 Å². The van der Waals surface area contributed by atoms with Crippen molar-refractivity contribution in [2.24, 2.45) is 11.8 Å². The van der Waals surface area contributed by atoms with Crippen LogP contribution in [0.1, 0.15) is 71.1 Å². The second kappa shape index (κ2) is 13.6. The van der Waals surface area contributed by atoms with Gasteiger partial charge in [-0.15, -0.1) is 0 Å². The van der Waals surface area contributed by atoms with E-state index in [0.717, 1.165) is 6.42 Å². The lowest BCUT2D eigenvalue weighted by atomic mass is 9.85. The minimum Gasteiger partial charge on any atom is -0.469 e. The third-order valence-electron chi connectivity index (χ3n) is 5.85. The van der Waals surface area contributed by atoms with Crippen LogP contribution in [0.2, 0.25) is 0 Å². The molecule has 5 nitrogen and oxygen atoms in total. The molecule has 0 aliphatic heterocycles. The molecule has 0 spiro atoms. The van der Waals surface area contributed by atoms with Crippen LogP contribution in [0, 0.1) is 11.8 Å². The van der Waals surface area contributed by atoms with Gasteiger partial charge in [0.2, 0.25) is 0 Å². The molecule has 0 bridgehead atoms. The number of hydrogen-bond acceptors (Lipinski definition) is 5. The summed E-state index contributed by atoms with van der Waals surface area (Å²) in [6.45, 7) is 1.84. The van der Waals surface area contributed by atoms with Gasteiger partial charge in [-0.25, -0.2) is 8.78 Å². The minimum atomic E-state index is -3.08. The molecule has 0 aromatic rings. The van der Waals surface area contributed by atoms with E-state index >= 15 is 0 Å². The van der Waals surface area contributed by atoms with Gasteiger partial charge in [0.15, 0.2) is 0 Å². The fourth-order valence-corrected chi connectivity index (χ4v) is 4.33. The Hall–Kier alpha value is -0.620. The van der Waals surface area contributed by atoms with E-state index in [-0.39, 0.29) is 36.8 Å². The minimum absolute atomic E-state index is 0.0159. The summed E-state index contributed by atoms with van der Waals surface area (Å²) in [5.74, 6) is -3.52. The Morgan fingerprint density at radius 2 is 2.03 bits per heavy atom. The lowest BCUT2D eigenvalue weighted by molar-refractivity contribution is -0.140. The van der Waals surface area contributed by atoms with Crippen LogP contribution in [0.25, 0.3) is 0 Å². The van der Waals surface area contributed by atoms with E-state index in [1.54, 1.807) is 0 Å². The number of allylic oxidation sites excluding steroid dienone is 2. The summed E-state index contributed by atoms with van der Waals surface area (Å²) in [6.07, 6.45) is 5.41. The monoisotopic (exact) mass is 438 g/mol. The van der Waals surface area contributed by atoms with Crippen LogP contribution >= 0.6 is 9.47 Å². The third-order valence-corrected chi connectivity index (χ3v) is 6.20. The van der Waals surface area contributed by atoms with Crippen LogP contribution in [-0.4, -0.2) is 47.5 Å². The van der Waals surface area contributed by atoms with Gasteiger partial charge in [-0.3, -0.25) is 4.79 Å². The smallest absolute Gasteiger partial charge is 0.305 e. The van der Waals surface area contributed by atoms with Crippen LogP contribution in [0.3, 0.4) is 0 Å². The van der Waals surface area contributed by atoms with Crippen molar-refractivity contribution in [2.75, 3.05) is 7.11 Å². The average Bonchev–Trinajstić information content (AvgIpc) is 3.01. The maximum Gasteiger partial charge on any atom is 0.305 e. The second-order valence-electron chi connectivity index (χ2n) is 7.94. The van der Waals surface area contributed by atoms with Gasteiger partial charge in [-0.1, -0.05) is 25.5 Å². The molecule has 8 heteroatoms. The topological polar surface area (TPSA) is 76.0 Å². The van der Waals surface area contributed by atoms with E-state index in [1.807, 2.05) is 19.1 Å². The number of rotatable bonds is 14. The number of alkyl halides is 2. The SMILES string of the molecule is CCCCC(F)(F)C(O)CCC1C(OP)CC(O)C1C/C=C/CCCC(=O)OC. The zero-order valence-electron chi connectivity index (χ0n) is 17.6. The van der Waals surface area contributed by atoms with Crippen molar-refractivity contribution in [2.45, 2.75) is 95.4 Å². The molecule has 0 radical (unpaired) electrons. The van der Waals surface area contributed by atoms with E-state index in [2.05, 4.69) is 14.2 Å². The summed E-state index contributed by atoms with van der Waals surface area (Å²) < 4.78 is 38.1. The summed E-state index contributed by atoms with van der Waals surface area (Å²) in [6, 6.07) is 0. The summed E-state index contributed by atoms with van der Waals surface area (Å²) in [5, 5.41) is 20.4. The van der Waals surface area contributed by atoms with Crippen molar-refractivity contribution in [1.82, 2.24) is 0 Å². The highest BCUT2D eigenvalue weighted by Crippen LogP contribution is 2.41. The Balaban J connectivity index is 2.56. The van der Waals surface area contributed by atoms with E-state index in [9.17, 15) is 23.8 Å². The van der Waals surface area contributed by atoms with Crippen molar-refractivity contribution in [3.63, 3.8) is 0 Å². The van der Waals surface area contributed by atoms with Crippen molar-refractivity contribution >= 4 is 15.4 Å². The average molecular weight is 438 g/mol. The Morgan fingerprint density at radius 1 is 1.31 bits per heavy atom. The number of aliphatic hydroxyl groups is 2. The standard InChI is InChI=1S/C21H37F2O5P/c1-3-4-13-21(22,23)19(25)12-11-16-15(17(24)14-18(16)28-29)9-7-5-6-8-10-20(26)27-2/h5,7,15-19,24-25H,3-4,6,8-14,29H2,1-2H3/b7-5+. The fraction of sp³-hybridized carbons (Fsp3) is 0.857. The molecule has 6 atom stereocenters. The van der Waals surface area contributed by atoms with Crippen molar-refractivity contribution in [3.8, 4) is 0 Å². The first-order valence-corrected chi connectivity index (χ1v) is 11.0. The molecule has 2 N–H and O–H groups in total. The second-order valence-corrected chi connectivity index (χ2v) is 8.21. The van der Waals surface area contributed by atoms with E-state index in [0.29, 0.717) is 44.9 Å². The zero-order chi connectivity index (χ0) is 21.9. The molecule has 1 aliphatic rings. The quantitative estimate of drug-likeness (QED) is 0.182. The molecule has 0 heterocycles. The molecule has 6 unspecified atom stereocenters. The number of methoxy groups -OCH3 is 1. The van der Waals surface area contributed by atoms with E-state index in [1.165, 1.54) is 7.11 Å². The number of aliphatic hydroxyl groups excluding tert-OH is 2. The molecule has 0 aromatic heterocycles. The van der Waals surface area contributed by atoms with Crippen LogP contribution in [-0.2, 0) is 14.1 Å². The molecule has 0 amide bonds. The number of ether oxygens (including phenoxy) is 1. The maximum absolute atomic E-state index is 14.1. The molecule has 29 heavy (non-hydrogen) atoms. The number of carbonyl (C=O) groups excluding carboxylic acids is 1. The number of carbonyl (C=O) groups is 1. The Kier molecular flexibility index (Phi) is 12.4. The zero-order valence-corrected chi connectivity index (χ0v) is 18.7. The first-order valence-electron chi connectivity index (χ1n) is 10.6. The highest BCUT2D eigenvalue weighted by atomic mass is 31.0. The molecular formula is C21H37F2O5P. The number of halogens is 2. The molecule has 170 valence electrons. The van der Waals surface area contributed by atoms with Gasteiger partial charge >= 0.3 is 5.97 Å². The van der Waals surface area contributed by atoms with Gasteiger partial charge in [0, 0.05) is 28.7 Å². The molecule has 1 rings (SSSR count).